The van der Waals surface area contributed by atoms with Crippen molar-refractivity contribution in [1.29, 1.82) is 0 Å². The Bertz CT molecular complexity index is 875. The molecule has 1 aromatic heterocycles. The van der Waals surface area contributed by atoms with E-state index in [0.29, 0.717) is 12.1 Å². The van der Waals surface area contributed by atoms with Crippen LogP contribution in [0.15, 0.2) is 18.5 Å². The van der Waals surface area contributed by atoms with Crippen molar-refractivity contribution in [3.63, 3.8) is 0 Å². The first kappa shape index (κ1) is 32.5. The Morgan fingerprint density at radius 2 is 1.46 bits per heavy atom. The minimum Gasteiger partial charge on any atom is -0.475 e. The molecule has 0 amide bonds. The van der Waals surface area contributed by atoms with E-state index in [2.05, 4.69) is 26.8 Å². The Morgan fingerprint density at radius 3 is 1.97 bits per heavy atom. The Kier molecular flexibility index (Phi) is 12.2. The fraction of sp³-hybridized carbons (Fsp3) is 0.739. The molecule has 3 saturated heterocycles. The molecule has 3 atom stereocenters. The van der Waals surface area contributed by atoms with Crippen LogP contribution in [-0.4, -0.2) is 108 Å². The molecule has 3 fully saturated rings. The van der Waals surface area contributed by atoms with E-state index in [4.69, 9.17) is 29.3 Å². The quantitative estimate of drug-likeness (QED) is 0.507. The van der Waals surface area contributed by atoms with Crippen molar-refractivity contribution in [2.75, 3.05) is 44.8 Å². The van der Waals surface area contributed by atoms with Crippen molar-refractivity contribution in [1.82, 2.24) is 14.9 Å². The first-order valence-corrected chi connectivity index (χ1v) is 12.2. The molecule has 0 spiro atoms. The summed E-state index contributed by atoms with van der Waals surface area (Å²) in [5.74, 6) is -3.94. The standard InChI is InChI=1S/C19H30N4O2.2C2HF3O2/c1-22-10-5-15(6-11-22)13-24-14-16-3-4-17-18(25-16)7-12-23(17)19-20-8-2-9-21-19;2*3-2(4,5)1(6)7/h2,8-9,15-18H,3-7,10-14H2,1H3;2*(H,6,7)/t16-,17+,18+;;/m1../s1. The van der Waals surface area contributed by atoms with Crippen LogP contribution >= 0.6 is 0 Å². The van der Waals surface area contributed by atoms with E-state index < -0.39 is 24.3 Å². The lowest BCUT2D eigenvalue weighted by molar-refractivity contribution is -0.193. The number of ether oxygens (including phenoxy) is 2. The number of halogens is 6. The summed E-state index contributed by atoms with van der Waals surface area (Å²) in [5, 5.41) is 14.2. The highest BCUT2D eigenvalue weighted by atomic mass is 19.4. The van der Waals surface area contributed by atoms with E-state index in [1.165, 1.54) is 25.9 Å². The second-order valence-electron chi connectivity index (χ2n) is 9.36. The first-order valence-electron chi connectivity index (χ1n) is 12.2. The van der Waals surface area contributed by atoms with E-state index in [1.54, 1.807) is 0 Å². The summed E-state index contributed by atoms with van der Waals surface area (Å²) >= 11 is 0. The first-order chi connectivity index (χ1) is 18.2. The minimum absolute atomic E-state index is 0.254. The number of carboxylic acid groups (broad SMARTS) is 2. The van der Waals surface area contributed by atoms with E-state index >= 15 is 0 Å². The van der Waals surface area contributed by atoms with Crippen LogP contribution < -0.4 is 4.90 Å². The zero-order valence-corrected chi connectivity index (χ0v) is 21.2. The second kappa shape index (κ2) is 14.6. The number of nitrogens with zero attached hydrogens (tertiary/aromatic N) is 4. The van der Waals surface area contributed by atoms with Crippen molar-refractivity contribution in [2.24, 2.45) is 5.92 Å². The number of anilines is 1. The smallest absolute Gasteiger partial charge is 0.475 e. The van der Waals surface area contributed by atoms with Crippen LogP contribution in [0.25, 0.3) is 0 Å². The van der Waals surface area contributed by atoms with Crippen molar-refractivity contribution < 1.29 is 55.6 Å². The van der Waals surface area contributed by atoms with Gasteiger partial charge in [0.05, 0.1) is 24.9 Å². The van der Waals surface area contributed by atoms with Gasteiger partial charge in [0.15, 0.2) is 0 Å². The number of piperidine rings is 1. The number of likely N-dealkylation sites (tertiary alicyclic amines) is 1. The van der Waals surface area contributed by atoms with E-state index in [1.807, 2.05) is 18.5 Å². The third-order valence-electron chi connectivity index (χ3n) is 6.43. The van der Waals surface area contributed by atoms with Gasteiger partial charge in [-0.1, -0.05) is 0 Å². The van der Waals surface area contributed by atoms with Gasteiger partial charge in [0.2, 0.25) is 5.95 Å². The maximum atomic E-state index is 10.6. The third-order valence-corrected chi connectivity index (χ3v) is 6.43. The number of aromatic nitrogens is 2. The molecule has 10 nitrogen and oxygen atoms in total. The molecule has 0 aliphatic carbocycles. The number of hydrogen-bond donors (Lipinski definition) is 2. The topological polar surface area (TPSA) is 125 Å². The van der Waals surface area contributed by atoms with Crippen molar-refractivity contribution >= 4 is 17.9 Å². The summed E-state index contributed by atoms with van der Waals surface area (Å²) in [4.78, 5) is 31.3. The minimum atomic E-state index is -5.08. The molecular weight excluding hydrogens is 542 g/mol. The van der Waals surface area contributed by atoms with Crippen molar-refractivity contribution in [3.05, 3.63) is 18.5 Å². The number of hydrogen-bond acceptors (Lipinski definition) is 8. The molecule has 0 radical (unpaired) electrons. The SMILES string of the molecule is CN1CCC(COC[C@H]2CC[C@H]3[C@H](CCN3c3ncccn3)O2)CC1.O=C(O)C(F)(F)F.O=C(O)C(F)(F)F. The number of alkyl halides is 6. The van der Waals surface area contributed by atoms with Crippen LogP contribution in [0.5, 0.6) is 0 Å². The van der Waals surface area contributed by atoms with Crippen LogP contribution in [0.2, 0.25) is 0 Å². The van der Waals surface area contributed by atoms with Crippen LogP contribution in [0.1, 0.15) is 32.1 Å². The predicted octanol–water partition coefficient (Wildman–Crippen LogP) is 3.23. The van der Waals surface area contributed by atoms with Gasteiger partial charge in [-0.2, -0.15) is 26.3 Å². The Labute approximate surface area is 220 Å². The van der Waals surface area contributed by atoms with Crippen LogP contribution in [-0.2, 0) is 19.1 Å². The highest BCUT2D eigenvalue weighted by Gasteiger charge is 2.41. The number of carbonyl (C=O) groups is 2. The lowest BCUT2D eigenvalue weighted by Gasteiger charge is -2.36. The largest absolute Gasteiger partial charge is 0.490 e. The Hall–Kier alpha value is -2.72. The number of aliphatic carboxylic acids is 2. The summed E-state index contributed by atoms with van der Waals surface area (Å²) in [5.41, 5.74) is 0. The van der Waals surface area contributed by atoms with Gasteiger partial charge >= 0.3 is 24.3 Å². The van der Waals surface area contributed by atoms with Gasteiger partial charge in [0, 0.05) is 25.5 Å². The summed E-state index contributed by atoms with van der Waals surface area (Å²) < 4.78 is 75.8. The van der Waals surface area contributed by atoms with Gasteiger partial charge in [0.1, 0.15) is 0 Å². The second-order valence-corrected chi connectivity index (χ2v) is 9.36. The molecule has 4 heterocycles. The average molecular weight is 575 g/mol. The monoisotopic (exact) mass is 574 g/mol. The summed E-state index contributed by atoms with van der Waals surface area (Å²) in [6, 6.07) is 2.29. The van der Waals surface area contributed by atoms with E-state index in [0.717, 1.165) is 50.9 Å². The fourth-order valence-corrected chi connectivity index (χ4v) is 4.40. The van der Waals surface area contributed by atoms with E-state index in [-0.39, 0.29) is 6.10 Å². The van der Waals surface area contributed by atoms with Crippen LogP contribution in [0.4, 0.5) is 32.3 Å². The summed E-state index contributed by atoms with van der Waals surface area (Å²) in [6.45, 7) is 5.04. The van der Waals surface area contributed by atoms with Crippen molar-refractivity contribution in [2.45, 2.75) is 62.7 Å². The van der Waals surface area contributed by atoms with Crippen LogP contribution in [0, 0.1) is 5.92 Å². The summed E-state index contributed by atoms with van der Waals surface area (Å²) in [6.07, 6.45) is -0.175. The maximum Gasteiger partial charge on any atom is 0.490 e. The van der Waals surface area contributed by atoms with Crippen LogP contribution in [0.3, 0.4) is 0 Å². The lowest BCUT2D eigenvalue weighted by atomic mass is 9.98. The normalized spacial score (nSPS) is 24.1. The molecule has 3 aliphatic heterocycles. The van der Waals surface area contributed by atoms with Crippen molar-refractivity contribution in [3.8, 4) is 0 Å². The predicted molar refractivity (Wildman–Crippen MR) is 124 cm³/mol. The summed E-state index contributed by atoms with van der Waals surface area (Å²) in [7, 11) is 2.20. The lowest BCUT2D eigenvalue weighted by Crippen LogP contribution is -2.44. The fourth-order valence-electron chi connectivity index (χ4n) is 4.40. The molecule has 39 heavy (non-hydrogen) atoms. The highest BCUT2D eigenvalue weighted by molar-refractivity contribution is 5.73. The average Bonchev–Trinajstić information content (AvgIpc) is 3.29. The molecule has 4 rings (SSSR count). The molecule has 2 N–H and O–H groups in total. The molecular formula is C23H32F6N4O6. The molecule has 222 valence electrons. The molecule has 0 bridgehead atoms. The van der Waals surface area contributed by atoms with Gasteiger partial charge in [-0.05, 0) is 64.2 Å². The Morgan fingerprint density at radius 1 is 0.923 bits per heavy atom. The Balaban J connectivity index is 0.000000317. The molecule has 0 unspecified atom stereocenters. The van der Waals surface area contributed by atoms with Gasteiger partial charge in [0.25, 0.3) is 0 Å². The van der Waals surface area contributed by atoms with E-state index in [9.17, 15) is 26.3 Å². The highest BCUT2D eigenvalue weighted by Crippen LogP contribution is 2.33. The number of fused-ring (bicyclic) bond motifs is 1. The zero-order valence-electron chi connectivity index (χ0n) is 21.2. The maximum absolute atomic E-state index is 10.6. The molecule has 3 aliphatic rings. The zero-order chi connectivity index (χ0) is 29.2. The van der Waals surface area contributed by atoms with Gasteiger partial charge in [-0.3, -0.25) is 0 Å². The molecule has 16 heteroatoms. The number of rotatable bonds is 5. The third kappa shape index (κ3) is 11.1. The molecule has 0 saturated carbocycles. The molecule has 0 aromatic carbocycles. The van der Waals surface area contributed by atoms with Gasteiger partial charge < -0.3 is 29.5 Å². The number of carboxylic acids is 2. The van der Waals surface area contributed by atoms with Gasteiger partial charge in [-0.15, -0.1) is 0 Å². The molecule has 1 aromatic rings. The van der Waals surface area contributed by atoms with Gasteiger partial charge in [-0.25, -0.2) is 19.6 Å².